The van der Waals surface area contributed by atoms with Crippen LogP contribution in [0.3, 0.4) is 0 Å². The lowest BCUT2D eigenvalue weighted by Gasteiger charge is -2.41. The van der Waals surface area contributed by atoms with Crippen LogP contribution in [0.15, 0.2) is 24.3 Å². The molecule has 2 fully saturated rings. The maximum atomic E-state index is 11.4. The van der Waals surface area contributed by atoms with Gasteiger partial charge < -0.3 is 23.7 Å². The van der Waals surface area contributed by atoms with E-state index in [9.17, 15) is 4.79 Å². The van der Waals surface area contributed by atoms with Gasteiger partial charge in [0.15, 0.2) is 11.6 Å². The smallest absolute Gasteiger partial charge is 0.308 e. The van der Waals surface area contributed by atoms with Crippen molar-refractivity contribution in [3.05, 3.63) is 24.3 Å². The molecule has 5 atom stereocenters. The summed E-state index contributed by atoms with van der Waals surface area (Å²) >= 11 is 0. The highest BCUT2D eigenvalue weighted by Crippen LogP contribution is 2.46. The molecule has 2 spiro atoms. The van der Waals surface area contributed by atoms with Crippen molar-refractivity contribution in [1.29, 1.82) is 0 Å². The van der Waals surface area contributed by atoms with Gasteiger partial charge in [-0.05, 0) is 18.6 Å². The average molecular weight is 322 g/mol. The van der Waals surface area contributed by atoms with Crippen LogP contribution >= 0.6 is 0 Å². The fourth-order valence-corrected chi connectivity index (χ4v) is 3.80. The average Bonchev–Trinajstić information content (AvgIpc) is 3.09. The highest BCUT2D eigenvalue weighted by Gasteiger charge is 2.53. The molecule has 0 bridgehead atoms. The second kappa shape index (κ2) is 5.70. The molecule has 4 aliphatic heterocycles. The lowest BCUT2D eigenvalue weighted by molar-refractivity contribution is -0.333. The van der Waals surface area contributed by atoms with Gasteiger partial charge in [-0.1, -0.05) is 12.2 Å². The third kappa shape index (κ3) is 2.85. The fourth-order valence-electron chi connectivity index (χ4n) is 3.80. The third-order valence-electron chi connectivity index (χ3n) is 4.96. The van der Waals surface area contributed by atoms with Crippen LogP contribution in [-0.4, -0.2) is 49.6 Å². The first-order chi connectivity index (χ1) is 11.1. The van der Waals surface area contributed by atoms with Gasteiger partial charge in [-0.2, -0.15) is 0 Å². The summed E-state index contributed by atoms with van der Waals surface area (Å²) in [5.74, 6) is -1.66. The molecule has 2 unspecified atom stereocenters. The molecule has 0 aliphatic carbocycles. The maximum absolute atomic E-state index is 11.4. The number of carbonyl (C=O) groups is 1. The summed E-state index contributed by atoms with van der Waals surface area (Å²) in [5.41, 5.74) is 0. The Bertz CT molecular complexity index is 543. The number of methoxy groups -OCH3 is 1. The second-order valence-corrected chi connectivity index (χ2v) is 6.55. The van der Waals surface area contributed by atoms with Gasteiger partial charge in [-0.3, -0.25) is 4.79 Å². The minimum absolute atomic E-state index is 0.0241. The molecule has 0 radical (unpaired) electrons. The molecule has 0 saturated carbocycles. The molecule has 4 heterocycles. The van der Waals surface area contributed by atoms with Crippen molar-refractivity contribution in [3.8, 4) is 0 Å². The molecule has 2 saturated heterocycles. The number of hydrogen-bond donors (Lipinski definition) is 0. The van der Waals surface area contributed by atoms with Crippen LogP contribution in [0.25, 0.3) is 0 Å². The molecule has 0 aromatic heterocycles. The van der Waals surface area contributed by atoms with Crippen LogP contribution in [0.2, 0.25) is 0 Å². The van der Waals surface area contributed by atoms with E-state index < -0.39 is 11.6 Å². The standard InChI is InChI=1S/C17H22O6/c1-19-15(18)11-12-10-14-13(21-12)4-6-17(22-14)8-7-16(23-17)5-2-3-9-20-16/h2-3,7-8,12-14H,4-6,9-11H2,1H3/t12-,13+,14+,16?,17?/m0/s1. The van der Waals surface area contributed by atoms with Crippen molar-refractivity contribution < 1.29 is 28.5 Å². The third-order valence-corrected chi connectivity index (χ3v) is 4.96. The van der Waals surface area contributed by atoms with Crippen LogP contribution in [0.4, 0.5) is 0 Å². The lowest BCUT2D eigenvalue weighted by atomic mass is 9.97. The number of rotatable bonds is 2. The summed E-state index contributed by atoms with van der Waals surface area (Å²) in [6.45, 7) is 0.552. The number of esters is 1. The maximum Gasteiger partial charge on any atom is 0.308 e. The Hall–Kier alpha value is -1.21. The highest BCUT2D eigenvalue weighted by molar-refractivity contribution is 5.69. The largest absolute Gasteiger partial charge is 0.469 e. The highest BCUT2D eigenvalue weighted by atomic mass is 16.8. The number of hydrogen-bond acceptors (Lipinski definition) is 6. The molecule has 0 amide bonds. The topological polar surface area (TPSA) is 63.2 Å². The zero-order chi connectivity index (χ0) is 15.9. The number of carbonyl (C=O) groups excluding carboxylic acids is 1. The SMILES string of the molecule is COC(=O)C[C@@H]1C[C@H]2OC3(C=CC4(CC=CCO4)O3)CC[C@H]2O1. The summed E-state index contributed by atoms with van der Waals surface area (Å²) < 4.78 is 28.9. The molecule has 6 heteroatoms. The molecular formula is C17H22O6. The molecule has 6 nitrogen and oxygen atoms in total. The van der Waals surface area contributed by atoms with Crippen molar-refractivity contribution in [2.24, 2.45) is 0 Å². The molecule has 126 valence electrons. The Morgan fingerprint density at radius 2 is 2.13 bits per heavy atom. The van der Waals surface area contributed by atoms with Gasteiger partial charge in [-0.15, -0.1) is 0 Å². The first-order valence-electron chi connectivity index (χ1n) is 8.22. The van der Waals surface area contributed by atoms with E-state index in [0.717, 1.165) is 12.8 Å². The molecule has 0 aromatic rings. The zero-order valence-electron chi connectivity index (χ0n) is 13.2. The second-order valence-electron chi connectivity index (χ2n) is 6.55. The van der Waals surface area contributed by atoms with Crippen LogP contribution in [0.5, 0.6) is 0 Å². The van der Waals surface area contributed by atoms with E-state index in [-0.39, 0.29) is 30.7 Å². The molecule has 4 rings (SSSR count). The summed E-state index contributed by atoms with van der Waals surface area (Å²) in [5, 5.41) is 0. The van der Waals surface area contributed by atoms with E-state index in [0.29, 0.717) is 19.4 Å². The van der Waals surface area contributed by atoms with Crippen LogP contribution in [-0.2, 0) is 28.5 Å². The van der Waals surface area contributed by atoms with E-state index in [1.165, 1.54) is 7.11 Å². The molecule has 0 aromatic carbocycles. The minimum Gasteiger partial charge on any atom is -0.469 e. The van der Waals surface area contributed by atoms with E-state index in [1.54, 1.807) is 0 Å². The van der Waals surface area contributed by atoms with E-state index in [1.807, 2.05) is 18.2 Å². The fraction of sp³-hybridized carbons (Fsp3) is 0.706. The van der Waals surface area contributed by atoms with Gasteiger partial charge >= 0.3 is 5.97 Å². The Morgan fingerprint density at radius 1 is 1.26 bits per heavy atom. The summed E-state index contributed by atoms with van der Waals surface area (Å²) in [6.07, 6.45) is 11.1. The molecular weight excluding hydrogens is 300 g/mol. The molecule has 0 N–H and O–H groups in total. The lowest BCUT2D eigenvalue weighted by Crippen LogP contribution is -2.48. The van der Waals surface area contributed by atoms with Gasteiger partial charge in [0.2, 0.25) is 0 Å². The first-order valence-corrected chi connectivity index (χ1v) is 8.22. The predicted molar refractivity (Wildman–Crippen MR) is 79.4 cm³/mol. The van der Waals surface area contributed by atoms with Crippen molar-refractivity contribution in [3.63, 3.8) is 0 Å². The Labute approximate surface area is 135 Å². The Balaban J connectivity index is 1.40. The van der Waals surface area contributed by atoms with Gasteiger partial charge in [0.05, 0.1) is 38.4 Å². The predicted octanol–water partition coefficient (Wildman–Crippen LogP) is 1.84. The normalized spacial score (nSPS) is 44.8. The van der Waals surface area contributed by atoms with Crippen molar-refractivity contribution in [2.75, 3.05) is 13.7 Å². The van der Waals surface area contributed by atoms with Crippen molar-refractivity contribution in [2.45, 2.75) is 62.0 Å². The summed E-state index contributed by atoms with van der Waals surface area (Å²) in [4.78, 5) is 11.4. The minimum atomic E-state index is -0.726. The zero-order valence-corrected chi connectivity index (χ0v) is 13.2. The van der Waals surface area contributed by atoms with Gasteiger partial charge in [0.1, 0.15) is 0 Å². The van der Waals surface area contributed by atoms with E-state index in [4.69, 9.17) is 23.7 Å². The summed E-state index contributed by atoms with van der Waals surface area (Å²) in [7, 11) is 1.39. The van der Waals surface area contributed by atoms with E-state index in [2.05, 4.69) is 6.08 Å². The van der Waals surface area contributed by atoms with E-state index >= 15 is 0 Å². The van der Waals surface area contributed by atoms with Crippen LogP contribution in [0, 0.1) is 0 Å². The Kier molecular flexibility index (Phi) is 3.80. The van der Waals surface area contributed by atoms with Gasteiger partial charge in [0, 0.05) is 19.3 Å². The molecule has 4 aliphatic rings. The van der Waals surface area contributed by atoms with Crippen molar-refractivity contribution in [1.82, 2.24) is 0 Å². The quantitative estimate of drug-likeness (QED) is 0.571. The van der Waals surface area contributed by atoms with Crippen molar-refractivity contribution >= 4 is 5.97 Å². The number of fused-ring (bicyclic) bond motifs is 1. The molecule has 23 heavy (non-hydrogen) atoms. The summed E-state index contributed by atoms with van der Waals surface area (Å²) in [6, 6.07) is 0. The van der Waals surface area contributed by atoms with Gasteiger partial charge in [-0.25, -0.2) is 0 Å². The van der Waals surface area contributed by atoms with Crippen LogP contribution < -0.4 is 0 Å². The monoisotopic (exact) mass is 322 g/mol. The Morgan fingerprint density at radius 3 is 2.91 bits per heavy atom. The van der Waals surface area contributed by atoms with Crippen LogP contribution in [0.1, 0.15) is 32.1 Å². The first kappa shape index (κ1) is 15.3. The number of ether oxygens (including phenoxy) is 5. The van der Waals surface area contributed by atoms with Gasteiger partial charge in [0.25, 0.3) is 0 Å².